The normalized spacial score (nSPS) is 16.0. The molecular weight excluding hydrogens is 340 g/mol. The number of benzene rings is 1. The van der Waals surface area contributed by atoms with Crippen LogP contribution in [-0.2, 0) is 11.3 Å². The van der Waals surface area contributed by atoms with Crippen LogP contribution in [0.1, 0.15) is 18.1 Å². The minimum absolute atomic E-state index is 0.139. The Morgan fingerprint density at radius 2 is 2.00 bits per heavy atom. The first kappa shape index (κ1) is 19.2. The van der Waals surface area contributed by atoms with Crippen LogP contribution in [0, 0.1) is 6.92 Å². The molecule has 2 aromatic rings. The van der Waals surface area contributed by atoms with E-state index in [1.165, 1.54) is 0 Å². The lowest BCUT2D eigenvalue weighted by molar-refractivity contribution is -0.127. The van der Waals surface area contributed by atoms with Gasteiger partial charge in [-0.15, -0.1) is 0 Å². The maximum Gasteiger partial charge on any atom is 0.261 e. The fourth-order valence-corrected chi connectivity index (χ4v) is 3.02. The van der Waals surface area contributed by atoms with E-state index in [0.717, 1.165) is 43.1 Å². The largest absolute Gasteiger partial charge is 0.481 e. The van der Waals surface area contributed by atoms with E-state index >= 15 is 0 Å². The third kappa shape index (κ3) is 5.44. The number of nitrogens with one attached hydrogen (secondary N) is 1. The molecule has 1 saturated heterocycles. The summed E-state index contributed by atoms with van der Waals surface area (Å²) in [5.41, 5.74) is 2.08. The summed E-state index contributed by atoms with van der Waals surface area (Å²) in [5, 5.41) is 2.91. The molecule has 0 saturated carbocycles. The van der Waals surface area contributed by atoms with Crippen LogP contribution in [0.4, 0.5) is 5.82 Å². The topological polar surface area (TPSA) is 57.7 Å². The van der Waals surface area contributed by atoms with Crippen molar-refractivity contribution in [1.29, 1.82) is 0 Å². The maximum atomic E-state index is 12.3. The van der Waals surface area contributed by atoms with Gasteiger partial charge in [0, 0.05) is 38.9 Å². The van der Waals surface area contributed by atoms with E-state index in [4.69, 9.17) is 4.74 Å². The number of anilines is 1. The average Bonchev–Trinajstić information content (AvgIpc) is 2.67. The van der Waals surface area contributed by atoms with Gasteiger partial charge in [0.25, 0.3) is 5.91 Å². The molecule has 27 heavy (non-hydrogen) atoms. The Kier molecular flexibility index (Phi) is 6.29. The molecule has 1 fully saturated rings. The summed E-state index contributed by atoms with van der Waals surface area (Å²) in [4.78, 5) is 21.4. The van der Waals surface area contributed by atoms with Crippen molar-refractivity contribution in [2.24, 2.45) is 0 Å². The van der Waals surface area contributed by atoms with Crippen molar-refractivity contribution in [2.45, 2.75) is 26.5 Å². The summed E-state index contributed by atoms with van der Waals surface area (Å²) < 4.78 is 5.71. The summed E-state index contributed by atoms with van der Waals surface area (Å²) in [6.07, 6.45) is 1.28. The monoisotopic (exact) mass is 368 g/mol. The fraction of sp³-hybridized carbons (Fsp3) is 0.429. The van der Waals surface area contributed by atoms with Crippen molar-refractivity contribution in [1.82, 2.24) is 15.2 Å². The molecule has 1 aliphatic rings. The van der Waals surface area contributed by atoms with Crippen molar-refractivity contribution in [3.05, 3.63) is 53.7 Å². The molecule has 1 aliphatic heterocycles. The lowest BCUT2D eigenvalue weighted by Crippen LogP contribution is -2.44. The Hall–Kier alpha value is -2.60. The Bertz CT molecular complexity index is 755. The molecule has 1 aromatic heterocycles. The number of aromatic nitrogens is 1. The SMILES string of the molecule is Cc1cccc(OC(C)C(=O)NCc2ccc(N3CCN(C)CC3)nc2)c1. The van der Waals surface area contributed by atoms with Crippen molar-refractivity contribution in [3.63, 3.8) is 0 Å². The van der Waals surface area contributed by atoms with Gasteiger partial charge in [0.2, 0.25) is 0 Å². The summed E-state index contributed by atoms with van der Waals surface area (Å²) in [6.45, 7) is 8.29. The predicted molar refractivity (Wildman–Crippen MR) is 107 cm³/mol. The second-order valence-electron chi connectivity index (χ2n) is 7.11. The van der Waals surface area contributed by atoms with Gasteiger partial charge in [0.05, 0.1) is 0 Å². The number of amides is 1. The summed E-state index contributed by atoms with van der Waals surface area (Å²) in [7, 11) is 2.14. The molecule has 6 heteroatoms. The van der Waals surface area contributed by atoms with Crippen LogP contribution >= 0.6 is 0 Å². The Morgan fingerprint density at radius 3 is 2.67 bits per heavy atom. The molecule has 1 atom stereocenters. The maximum absolute atomic E-state index is 12.3. The fourth-order valence-electron chi connectivity index (χ4n) is 3.02. The molecule has 0 aliphatic carbocycles. The standard InChI is InChI=1S/C21H28N4O2/c1-16-5-4-6-19(13-16)27-17(2)21(26)23-15-18-7-8-20(22-14-18)25-11-9-24(3)10-12-25/h4-8,13-14,17H,9-12,15H2,1-3H3,(H,23,26). The van der Waals surface area contributed by atoms with E-state index in [1.807, 2.05) is 49.5 Å². The molecule has 0 radical (unpaired) electrons. The highest BCUT2D eigenvalue weighted by atomic mass is 16.5. The van der Waals surface area contributed by atoms with Gasteiger partial charge in [-0.3, -0.25) is 4.79 Å². The number of likely N-dealkylation sites (N-methyl/N-ethyl adjacent to an activating group) is 1. The molecular formula is C21H28N4O2. The van der Waals surface area contributed by atoms with Crippen LogP contribution in [0.3, 0.4) is 0 Å². The number of rotatable bonds is 6. The molecule has 2 heterocycles. The first-order chi connectivity index (χ1) is 13.0. The van der Waals surface area contributed by atoms with Gasteiger partial charge in [-0.05, 0) is 50.2 Å². The van der Waals surface area contributed by atoms with Gasteiger partial charge < -0.3 is 19.9 Å². The van der Waals surface area contributed by atoms with Gasteiger partial charge in [0.15, 0.2) is 6.10 Å². The van der Waals surface area contributed by atoms with Crippen LogP contribution < -0.4 is 15.0 Å². The number of carbonyl (C=O) groups is 1. The van der Waals surface area contributed by atoms with Crippen LogP contribution in [0.15, 0.2) is 42.6 Å². The van der Waals surface area contributed by atoms with Gasteiger partial charge in [-0.1, -0.05) is 18.2 Å². The van der Waals surface area contributed by atoms with E-state index in [9.17, 15) is 4.79 Å². The molecule has 6 nitrogen and oxygen atoms in total. The lowest BCUT2D eigenvalue weighted by Gasteiger charge is -2.33. The van der Waals surface area contributed by atoms with Crippen LogP contribution in [0.2, 0.25) is 0 Å². The van der Waals surface area contributed by atoms with Crippen molar-refractivity contribution < 1.29 is 9.53 Å². The molecule has 1 amide bonds. The van der Waals surface area contributed by atoms with E-state index in [-0.39, 0.29) is 5.91 Å². The van der Waals surface area contributed by atoms with E-state index in [0.29, 0.717) is 12.3 Å². The Balaban J connectivity index is 1.48. The minimum atomic E-state index is -0.552. The zero-order valence-electron chi connectivity index (χ0n) is 16.3. The van der Waals surface area contributed by atoms with Crippen LogP contribution in [0.25, 0.3) is 0 Å². The molecule has 1 N–H and O–H groups in total. The summed E-state index contributed by atoms with van der Waals surface area (Å²) in [5.74, 6) is 1.56. The van der Waals surface area contributed by atoms with E-state index in [2.05, 4.69) is 27.1 Å². The third-order valence-electron chi connectivity index (χ3n) is 4.77. The highest BCUT2D eigenvalue weighted by Gasteiger charge is 2.16. The van der Waals surface area contributed by atoms with Crippen molar-refractivity contribution in [3.8, 4) is 5.75 Å². The van der Waals surface area contributed by atoms with Crippen LogP contribution in [0.5, 0.6) is 5.75 Å². The number of nitrogens with zero attached hydrogens (tertiary/aromatic N) is 3. The molecule has 144 valence electrons. The number of hydrogen-bond donors (Lipinski definition) is 1. The van der Waals surface area contributed by atoms with Crippen LogP contribution in [-0.4, -0.2) is 55.1 Å². The minimum Gasteiger partial charge on any atom is -0.481 e. The zero-order valence-corrected chi connectivity index (χ0v) is 16.3. The zero-order chi connectivity index (χ0) is 19.2. The van der Waals surface area contributed by atoms with E-state index in [1.54, 1.807) is 6.92 Å². The molecule has 1 unspecified atom stereocenters. The Morgan fingerprint density at radius 1 is 1.22 bits per heavy atom. The smallest absolute Gasteiger partial charge is 0.261 e. The van der Waals surface area contributed by atoms with Crippen molar-refractivity contribution in [2.75, 3.05) is 38.1 Å². The van der Waals surface area contributed by atoms with Gasteiger partial charge in [-0.2, -0.15) is 0 Å². The quantitative estimate of drug-likeness (QED) is 0.847. The second-order valence-corrected chi connectivity index (χ2v) is 7.11. The Labute approximate surface area is 161 Å². The average molecular weight is 368 g/mol. The van der Waals surface area contributed by atoms with Gasteiger partial charge >= 0.3 is 0 Å². The lowest BCUT2D eigenvalue weighted by atomic mass is 10.2. The van der Waals surface area contributed by atoms with E-state index < -0.39 is 6.10 Å². The third-order valence-corrected chi connectivity index (χ3v) is 4.77. The predicted octanol–water partition coefficient (Wildman–Crippen LogP) is 2.23. The first-order valence-electron chi connectivity index (χ1n) is 9.41. The summed E-state index contributed by atoms with van der Waals surface area (Å²) >= 11 is 0. The number of ether oxygens (including phenoxy) is 1. The first-order valence-corrected chi connectivity index (χ1v) is 9.41. The molecule has 0 bridgehead atoms. The summed E-state index contributed by atoms with van der Waals surface area (Å²) in [6, 6.07) is 11.7. The molecule has 1 aromatic carbocycles. The number of pyridine rings is 1. The van der Waals surface area contributed by atoms with Crippen molar-refractivity contribution >= 4 is 11.7 Å². The van der Waals surface area contributed by atoms with Gasteiger partial charge in [0.1, 0.15) is 11.6 Å². The van der Waals surface area contributed by atoms with Gasteiger partial charge in [-0.25, -0.2) is 4.98 Å². The number of carbonyl (C=O) groups excluding carboxylic acids is 1. The highest BCUT2D eigenvalue weighted by molar-refractivity contribution is 5.80. The highest BCUT2D eigenvalue weighted by Crippen LogP contribution is 2.15. The molecule has 0 spiro atoms. The second kappa shape index (κ2) is 8.86. The number of piperazine rings is 1. The number of aryl methyl sites for hydroxylation is 1. The number of hydrogen-bond acceptors (Lipinski definition) is 5. The molecule has 3 rings (SSSR count).